The van der Waals surface area contributed by atoms with Gasteiger partial charge in [-0.3, -0.25) is 4.79 Å². The van der Waals surface area contributed by atoms with Crippen LogP contribution in [0.15, 0.2) is 12.2 Å². The van der Waals surface area contributed by atoms with Crippen LogP contribution in [0.5, 0.6) is 0 Å². The highest BCUT2D eigenvalue weighted by Gasteiger charge is 2.54. The number of hydrogen-bond donors (Lipinski definition) is 1. The maximum absolute atomic E-state index is 10.9. The van der Waals surface area contributed by atoms with Gasteiger partial charge in [-0.05, 0) is 67.1 Å². The van der Waals surface area contributed by atoms with E-state index in [1.165, 1.54) is 31.3 Å². The van der Waals surface area contributed by atoms with Crippen LogP contribution in [0.1, 0.15) is 72.1 Å². The monoisotopic (exact) mass is 336 g/mol. The number of carboxylic acid groups (broad SMARTS) is 1. The molecule has 2 aliphatic rings. The molecule has 2 fully saturated rings. The molecule has 0 saturated heterocycles. The van der Waals surface area contributed by atoms with Crippen molar-refractivity contribution in [3.05, 3.63) is 12.2 Å². The van der Waals surface area contributed by atoms with Crippen molar-refractivity contribution in [2.75, 3.05) is 13.7 Å². The van der Waals surface area contributed by atoms with Gasteiger partial charge in [-0.1, -0.05) is 39.3 Å². The summed E-state index contributed by atoms with van der Waals surface area (Å²) < 4.78 is 5.59. The van der Waals surface area contributed by atoms with Crippen molar-refractivity contribution in [1.29, 1.82) is 0 Å². The van der Waals surface area contributed by atoms with Crippen molar-refractivity contribution in [3.8, 4) is 0 Å². The summed E-state index contributed by atoms with van der Waals surface area (Å²) in [6.07, 6.45) is 8.50. The molecule has 2 saturated carbocycles. The molecule has 2 rings (SSSR count). The Morgan fingerprint density at radius 3 is 2.75 bits per heavy atom. The summed E-state index contributed by atoms with van der Waals surface area (Å²) in [7, 11) is 1.82. The van der Waals surface area contributed by atoms with E-state index in [0.29, 0.717) is 17.3 Å². The molecule has 1 N–H and O–H groups in total. The molecule has 0 bridgehead atoms. The number of ether oxygens (including phenoxy) is 1. The summed E-state index contributed by atoms with van der Waals surface area (Å²) >= 11 is 0. The van der Waals surface area contributed by atoms with Gasteiger partial charge in [0.25, 0.3) is 0 Å². The minimum Gasteiger partial charge on any atom is -0.481 e. The fraction of sp³-hybridized carbons (Fsp3) is 0.857. The fourth-order valence-corrected chi connectivity index (χ4v) is 5.97. The zero-order chi connectivity index (χ0) is 18.0. The fourth-order valence-electron chi connectivity index (χ4n) is 5.97. The number of rotatable bonds is 7. The van der Waals surface area contributed by atoms with E-state index in [1.54, 1.807) is 0 Å². The second kappa shape index (κ2) is 7.59. The lowest BCUT2D eigenvalue weighted by Crippen LogP contribution is -2.52. The highest BCUT2D eigenvalue weighted by atomic mass is 16.5. The molecule has 3 nitrogen and oxygen atoms in total. The molecule has 0 amide bonds. The lowest BCUT2D eigenvalue weighted by molar-refractivity contribution is -0.138. The number of carbonyl (C=O) groups is 1. The molecule has 0 spiro atoms. The quantitative estimate of drug-likeness (QED) is 0.641. The molecule has 138 valence electrons. The van der Waals surface area contributed by atoms with Crippen LogP contribution in [0, 0.1) is 28.6 Å². The Balaban J connectivity index is 2.14. The molecule has 3 heteroatoms. The van der Waals surface area contributed by atoms with Gasteiger partial charge in [0.2, 0.25) is 0 Å². The molecular formula is C21H36O3. The first-order chi connectivity index (χ1) is 11.2. The van der Waals surface area contributed by atoms with Gasteiger partial charge >= 0.3 is 5.97 Å². The molecule has 0 heterocycles. The molecular weight excluding hydrogens is 300 g/mol. The third-order valence-corrected chi connectivity index (χ3v) is 7.09. The molecule has 0 radical (unpaired) electrons. The first kappa shape index (κ1) is 19.5. The van der Waals surface area contributed by atoms with Gasteiger partial charge in [-0.25, -0.2) is 0 Å². The van der Waals surface area contributed by atoms with Gasteiger partial charge in [-0.15, -0.1) is 0 Å². The molecule has 0 aromatic rings. The Morgan fingerprint density at radius 2 is 2.12 bits per heavy atom. The number of fused-ring (bicyclic) bond motifs is 1. The number of carboxylic acids is 1. The van der Waals surface area contributed by atoms with Crippen LogP contribution in [0.25, 0.3) is 0 Å². The van der Waals surface area contributed by atoms with Crippen molar-refractivity contribution < 1.29 is 14.6 Å². The minimum atomic E-state index is -0.681. The smallest absolute Gasteiger partial charge is 0.303 e. The molecule has 0 unspecified atom stereocenters. The topological polar surface area (TPSA) is 46.5 Å². The first-order valence-corrected chi connectivity index (χ1v) is 9.61. The average molecular weight is 337 g/mol. The Bertz CT molecular complexity index is 468. The highest BCUT2D eigenvalue weighted by Crippen LogP contribution is 2.62. The van der Waals surface area contributed by atoms with E-state index in [0.717, 1.165) is 25.9 Å². The SMILES string of the molecule is C=C1CC[C@@H]2[C@@](C)(COC)CCC[C@@]2(C)[C@@H]1CC[C@@H](C)CC(=O)O. The number of methoxy groups -OCH3 is 1. The molecule has 5 atom stereocenters. The Labute approximate surface area is 147 Å². The van der Waals surface area contributed by atoms with Crippen LogP contribution >= 0.6 is 0 Å². The zero-order valence-electron chi connectivity index (χ0n) is 16.1. The van der Waals surface area contributed by atoms with Gasteiger partial charge in [0.15, 0.2) is 0 Å². The van der Waals surface area contributed by atoms with E-state index < -0.39 is 5.97 Å². The maximum atomic E-state index is 10.9. The van der Waals surface area contributed by atoms with Crippen molar-refractivity contribution in [3.63, 3.8) is 0 Å². The molecule has 24 heavy (non-hydrogen) atoms. The molecule has 0 aromatic carbocycles. The number of aliphatic carboxylic acids is 1. The van der Waals surface area contributed by atoms with Crippen LogP contribution < -0.4 is 0 Å². The van der Waals surface area contributed by atoms with Crippen molar-refractivity contribution in [1.82, 2.24) is 0 Å². The van der Waals surface area contributed by atoms with Crippen LogP contribution in [-0.2, 0) is 9.53 Å². The van der Waals surface area contributed by atoms with E-state index in [2.05, 4.69) is 27.4 Å². The van der Waals surface area contributed by atoms with Crippen molar-refractivity contribution in [2.45, 2.75) is 72.1 Å². The number of allylic oxidation sites excluding steroid dienone is 1. The lowest BCUT2D eigenvalue weighted by Gasteiger charge is -2.59. The maximum Gasteiger partial charge on any atom is 0.303 e. The zero-order valence-corrected chi connectivity index (χ0v) is 16.1. The van der Waals surface area contributed by atoms with Crippen LogP contribution in [0.2, 0.25) is 0 Å². The second-order valence-corrected chi connectivity index (χ2v) is 9.03. The van der Waals surface area contributed by atoms with Gasteiger partial charge in [-0.2, -0.15) is 0 Å². The summed E-state index contributed by atoms with van der Waals surface area (Å²) in [4.78, 5) is 10.9. The molecule has 0 aromatic heterocycles. The van der Waals surface area contributed by atoms with Crippen LogP contribution in [-0.4, -0.2) is 24.8 Å². The summed E-state index contributed by atoms with van der Waals surface area (Å²) in [6, 6.07) is 0. The molecule has 2 aliphatic carbocycles. The van der Waals surface area contributed by atoms with Crippen molar-refractivity contribution >= 4 is 5.97 Å². The third kappa shape index (κ3) is 3.87. The van der Waals surface area contributed by atoms with E-state index in [4.69, 9.17) is 9.84 Å². The summed E-state index contributed by atoms with van der Waals surface area (Å²) in [6.45, 7) is 12.2. The van der Waals surface area contributed by atoms with Gasteiger partial charge in [0, 0.05) is 13.5 Å². The van der Waals surface area contributed by atoms with E-state index in [-0.39, 0.29) is 17.8 Å². The van der Waals surface area contributed by atoms with Gasteiger partial charge in [0.1, 0.15) is 0 Å². The second-order valence-electron chi connectivity index (χ2n) is 9.03. The predicted molar refractivity (Wildman–Crippen MR) is 97.9 cm³/mol. The van der Waals surface area contributed by atoms with Crippen molar-refractivity contribution in [2.24, 2.45) is 28.6 Å². The Hall–Kier alpha value is -0.830. The number of hydrogen-bond acceptors (Lipinski definition) is 2. The van der Waals surface area contributed by atoms with E-state index >= 15 is 0 Å². The van der Waals surface area contributed by atoms with Crippen LogP contribution in [0.3, 0.4) is 0 Å². The average Bonchev–Trinajstić information content (AvgIpc) is 2.45. The standard InChI is InChI=1S/C21H36O3/c1-15(13-19(22)23)7-9-17-16(2)8-10-18-20(3,14-24-5)11-6-12-21(17,18)4/h15,17-18H,2,6-14H2,1,3-5H3,(H,22,23)/t15-,17-,18-,20-,21+/m1/s1. The summed E-state index contributed by atoms with van der Waals surface area (Å²) in [5.74, 6) is 0.778. The normalized spacial score (nSPS) is 37.8. The predicted octanol–water partition coefficient (Wildman–Crippen LogP) is 5.30. The molecule has 0 aliphatic heterocycles. The van der Waals surface area contributed by atoms with Gasteiger partial charge < -0.3 is 9.84 Å². The summed E-state index contributed by atoms with van der Waals surface area (Å²) in [5, 5.41) is 9.01. The highest BCUT2D eigenvalue weighted by molar-refractivity contribution is 5.66. The first-order valence-electron chi connectivity index (χ1n) is 9.61. The largest absolute Gasteiger partial charge is 0.481 e. The Morgan fingerprint density at radius 1 is 1.42 bits per heavy atom. The minimum absolute atomic E-state index is 0.244. The Kier molecular flexibility index (Phi) is 6.17. The van der Waals surface area contributed by atoms with E-state index in [9.17, 15) is 4.79 Å². The van der Waals surface area contributed by atoms with Crippen LogP contribution in [0.4, 0.5) is 0 Å². The lowest BCUT2D eigenvalue weighted by atomic mass is 9.46. The van der Waals surface area contributed by atoms with Gasteiger partial charge in [0.05, 0.1) is 6.61 Å². The third-order valence-electron chi connectivity index (χ3n) is 7.09. The van der Waals surface area contributed by atoms with E-state index in [1.807, 2.05) is 7.11 Å². The summed E-state index contributed by atoms with van der Waals surface area (Å²) in [5.41, 5.74) is 1.97.